The maximum absolute atomic E-state index is 11.1. The van der Waals surface area contributed by atoms with Crippen LogP contribution in [-0.2, 0) is 4.79 Å². The van der Waals surface area contributed by atoms with E-state index in [1.54, 1.807) is 0 Å². The van der Waals surface area contributed by atoms with Gasteiger partial charge in [-0.05, 0) is 25.5 Å². The van der Waals surface area contributed by atoms with Crippen LogP contribution in [0.1, 0.15) is 13.3 Å². The molecule has 1 fully saturated rings. The molecule has 0 aliphatic carbocycles. The summed E-state index contributed by atoms with van der Waals surface area (Å²) in [5.41, 5.74) is 5.63. The minimum Gasteiger partial charge on any atom is -0.492 e. The van der Waals surface area contributed by atoms with Crippen molar-refractivity contribution in [3.63, 3.8) is 0 Å². The summed E-state index contributed by atoms with van der Waals surface area (Å²) in [4.78, 5) is 13.1. The van der Waals surface area contributed by atoms with Crippen molar-refractivity contribution in [2.45, 2.75) is 18.9 Å². The summed E-state index contributed by atoms with van der Waals surface area (Å²) in [6.45, 7) is 3.45. The van der Waals surface area contributed by atoms with Crippen molar-refractivity contribution in [2.75, 3.05) is 24.6 Å². The van der Waals surface area contributed by atoms with Crippen LogP contribution in [0.3, 0.4) is 0 Å². The van der Waals surface area contributed by atoms with Crippen molar-refractivity contribution in [1.82, 2.24) is 0 Å². The van der Waals surface area contributed by atoms with Gasteiger partial charge in [-0.2, -0.15) is 0 Å². The number of carboxylic acids is 1. The van der Waals surface area contributed by atoms with Crippen LogP contribution < -0.4 is 15.4 Å². The number of hydrogen-bond acceptors (Lipinski definition) is 4. The zero-order valence-corrected chi connectivity index (χ0v) is 10.4. The average Bonchev–Trinajstić information content (AvgIpc) is 2.74. The Morgan fingerprint density at radius 1 is 1.56 bits per heavy atom. The Bertz CT molecular complexity index is 450. The highest BCUT2D eigenvalue weighted by Crippen LogP contribution is 2.32. The molecule has 1 heterocycles. The number of rotatable bonds is 4. The van der Waals surface area contributed by atoms with Crippen molar-refractivity contribution < 1.29 is 14.6 Å². The highest BCUT2D eigenvalue weighted by atomic mass is 16.5. The minimum absolute atomic E-state index is 0.312. The van der Waals surface area contributed by atoms with Crippen molar-refractivity contribution in [2.24, 2.45) is 5.73 Å². The molecule has 2 rings (SSSR count). The lowest BCUT2D eigenvalue weighted by Crippen LogP contribution is -2.50. The van der Waals surface area contributed by atoms with E-state index in [0.717, 1.165) is 11.4 Å². The Kier molecular flexibility index (Phi) is 3.43. The van der Waals surface area contributed by atoms with Crippen molar-refractivity contribution in [1.29, 1.82) is 0 Å². The normalized spacial score (nSPS) is 23.1. The molecule has 1 unspecified atom stereocenters. The van der Waals surface area contributed by atoms with Crippen LogP contribution >= 0.6 is 0 Å². The summed E-state index contributed by atoms with van der Waals surface area (Å²) in [5, 5.41) is 9.13. The number of nitrogens with zero attached hydrogens (tertiary/aromatic N) is 1. The van der Waals surface area contributed by atoms with E-state index in [4.69, 9.17) is 15.6 Å². The number of nitrogens with two attached hydrogens (primary N) is 1. The second-order valence-corrected chi connectivity index (χ2v) is 4.53. The largest absolute Gasteiger partial charge is 0.492 e. The van der Waals surface area contributed by atoms with Gasteiger partial charge in [0, 0.05) is 13.1 Å². The molecule has 1 saturated heterocycles. The Labute approximate surface area is 106 Å². The van der Waals surface area contributed by atoms with E-state index >= 15 is 0 Å². The maximum atomic E-state index is 11.1. The van der Waals surface area contributed by atoms with Crippen LogP contribution in [-0.4, -0.2) is 36.3 Å². The van der Waals surface area contributed by atoms with Gasteiger partial charge < -0.3 is 20.5 Å². The lowest BCUT2D eigenvalue weighted by molar-refractivity contribution is -0.142. The van der Waals surface area contributed by atoms with Gasteiger partial charge in [-0.1, -0.05) is 12.1 Å². The first-order valence-electron chi connectivity index (χ1n) is 6.06. The molecule has 1 aromatic rings. The molecule has 0 saturated carbocycles. The number of hydrogen-bond donors (Lipinski definition) is 2. The number of ether oxygens (including phenoxy) is 1. The molecule has 0 amide bonds. The van der Waals surface area contributed by atoms with Gasteiger partial charge in [-0.3, -0.25) is 4.79 Å². The molecule has 3 N–H and O–H groups in total. The van der Waals surface area contributed by atoms with Crippen molar-refractivity contribution >= 4 is 11.7 Å². The molecular weight excluding hydrogens is 232 g/mol. The SMILES string of the molecule is CCOc1ccccc1N1CCC(N)(C(=O)O)C1. The molecule has 98 valence electrons. The van der Waals surface area contributed by atoms with E-state index in [-0.39, 0.29) is 0 Å². The van der Waals surface area contributed by atoms with Gasteiger partial charge in [-0.15, -0.1) is 0 Å². The van der Waals surface area contributed by atoms with E-state index in [1.165, 1.54) is 0 Å². The molecule has 5 heteroatoms. The van der Waals surface area contributed by atoms with E-state index in [0.29, 0.717) is 26.1 Å². The average molecular weight is 250 g/mol. The van der Waals surface area contributed by atoms with Crippen LogP contribution in [0.25, 0.3) is 0 Å². The molecule has 0 aromatic heterocycles. The predicted molar refractivity (Wildman–Crippen MR) is 69.0 cm³/mol. The lowest BCUT2D eigenvalue weighted by atomic mass is 10.0. The molecular formula is C13H18N2O3. The molecule has 0 spiro atoms. The monoisotopic (exact) mass is 250 g/mol. The fourth-order valence-electron chi connectivity index (χ4n) is 2.21. The van der Waals surface area contributed by atoms with Crippen LogP contribution in [0.4, 0.5) is 5.69 Å². The fourth-order valence-corrected chi connectivity index (χ4v) is 2.21. The Morgan fingerprint density at radius 3 is 2.89 bits per heavy atom. The second-order valence-electron chi connectivity index (χ2n) is 4.53. The van der Waals surface area contributed by atoms with Gasteiger partial charge in [0.25, 0.3) is 0 Å². The maximum Gasteiger partial charge on any atom is 0.325 e. The van der Waals surface area contributed by atoms with E-state index in [1.807, 2.05) is 36.1 Å². The van der Waals surface area contributed by atoms with E-state index in [2.05, 4.69) is 0 Å². The van der Waals surface area contributed by atoms with Crippen molar-refractivity contribution in [3.8, 4) is 5.75 Å². The first kappa shape index (κ1) is 12.7. The van der Waals surface area contributed by atoms with Gasteiger partial charge in [0.15, 0.2) is 0 Å². The summed E-state index contributed by atoms with van der Waals surface area (Å²) in [7, 11) is 0. The van der Waals surface area contributed by atoms with Crippen LogP contribution in [0.15, 0.2) is 24.3 Å². The Hall–Kier alpha value is -1.75. The van der Waals surface area contributed by atoms with Gasteiger partial charge in [0.05, 0.1) is 12.3 Å². The standard InChI is InChI=1S/C13H18N2O3/c1-2-18-11-6-4-3-5-10(11)15-8-7-13(14,9-15)12(16)17/h3-6H,2,7-9,14H2,1H3,(H,16,17). The fraction of sp³-hybridized carbons (Fsp3) is 0.462. The van der Waals surface area contributed by atoms with E-state index < -0.39 is 11.5 Å². The molecule has 1 aliphatic rings. The van der Waals surface area contributed by atoms with Crippen LogP contribution in [0, 0.1) is 0 Å². The molecule has 5 nitrogen and oxygen atoms in total. The highest BCUT2D eigenvalue weighted by molar-refractivity contribution is 5.81. The van der Waals surface area contributed by atoms with Crippen molar-refractivity contribution in [3.05, 3.63) is 24.3 Å². The summed E-state index contributed by atoms with van der Waals surface area (Å²) in [6, 6.07) is 7.63. The zero-order chi connectivity index (χ0) is 13.2. The number of anilines is 1. The second kappa shape index (κ2) is 4.86. The topological polar surface area (TPSA) is 75.8 Å². The number of benzene rings is 1. The van der Waals surface area contributed by atoms with Gasteiger partial charge in [0.1, 0.15) is 11.3 Å². The molecule has 1 aliphatic heterocycles. The minimum atomic E-state index is -1.15. The molecule has 0 bridgehead atoms. The number of carboxylic acid groups (broad SMARTS) is 1. The van der Waals surface area contributed by atoms with Crippen LogP contribution in [0.5, 0.6) is 5.75 Å². The summed E-state index contributed by atoms with van der Waals surface area (Å²) in [5.74, 6) is -0.173. The third-order valence-electron chi connectivity index (χ3n) is 3.23. The quantitative estimate of drug-likeness (QED) is 0.836. The predicted octanol–water partition coefficient (Wildman–Crippen LogP) is 1.08. The highest BCUT2D eigenvalue weighted by Gasteiger charge is 2.41. The number of aliphatic carboxylic acids is 1. The Morgan fingerprint density at radius 2 is 2.28 bits per heavy atom. The summed E-state index contributed by atoms with van der Waals surface area (Å²) < 4.78 is 5.55. The Balaban J connectivity index is 2.21. The molecule has 1 atom stereocenters. The third-order valence-corrected chi connectivity index (χ3v) is 3.23. The smallest absolute Gasteiger partial charge is 0.325 e. The zero-order valence-electron chi connectivity index (χ0n) is 10.4. The molecule has 0 radical (unpaired) electrons. The first-order valence-corrected chi connectivity index (χ1v) is 6.06. The lowest BCUT2D eigenvalue weighted by Gasteiger charge is -2.23. The number of carbonyl (C=O) groups is 1. The van der Waals surface area contributed by atoms with Crippen LogP contribution in [0.2, 0.25) is 0 Å². The van der Waals surface area contributed by atoms with Gasteiger partial charge in [-0.25, -0.2) is 0 Å². The number of para-hydroxylation sites is 2. The first-order chi connectivity index (χ1) is 8.57. The molecule has 18 heavy (non-hydrogen) atoms. The summed E-state index contributed by atoms with van der Waals surface area (Å²) in [6.07, 6.45) is 0.447. The van der Waals surface area contributed by atoms with Gasteiger partial charge in [0.2, 0.25) is 0 Å². The molecule has 1 aromatic carbocycles. The third kappa shape index (κ3) is 2.26. The van der Waals surface area contributed by atoms with E-state index in [9.17, 15) is 4.79 Å². The summed E-state index contributed by atoms with van der Waals surface area (Å²) >= 11 is 0. The van der Waals surface area contributed by atoms with Gasteiger partial charge >= 0.3 is 5.97 Å².